The first-order valence-corrected chi connectivity index (χ1v) is 11.8. The Bertz CT molecular complexity index is 708. The van der Waals surface area contributed by atoms with Crippen LogP contribution in [0.5, 0.6) is 5.75 Å². The van der Waals surface area contributed by atoms with Crippen LogP contribution < -0.4 is 10.1 Å². The van der Waals surface area contributed by atoms with Crippen molar-refractivity contribution in [2.24, 2.45) is 11.8 Å². The Morgan fingerprint density at radius 3 is 2.83 bits per heavy atom. The molecule has 4 heteroatoms. The monoisotopic (exact) mass is 399 g/mol. The van der Waals surface area contributed by atoms with E-state index in [4.69, 9.17) is 9.47 Å². The van der Waals surface area contributed by atoms with Gasteiger partial charge in [-0.05, 0) is 74.2 Å². The van der Waals surface area contributed by atoms with Gasteiger partial charge in [0, 0.05) is 11.5 Å². The fourth-order valence-electron chi connectivity index (χ4n) is 6.34. The van der Waals surface area contributed by atoms with Crippen molar-refractivity contribution in [2.75, 3.05) is 13.3 Å². The maximum absolute atomic E-state index is 12.4. The minimum atomic E-state index is -0.112. The van der Waals surface area contributed by atoms with Gasteiger partial charge in [0.05, 0.1) is 5.92 Å². The van der Waals surface area contributed by atoms with Crippen LogP contribution in [0.15, 0.2) is 18.2 Å². The first-order chi connectivity index (χ1) is 14.2. The van der Waals surface area contributed by atoms with Gasteiger partial charge in [-0.15, -0.1) is 0 Å². The second-order valence-electron chi connectivity index (χ2n) is 9.34. The summed E-state index contributed by atoms with van der Waals surface area (Å²) in [7, 11) is 0. The van der Waals surface area contributed by atoms with Crippen LogP contribution in [-0.4, -0.2) is 25.3 Å². The Labute approximate surface area is 175 Å². The van der Waals surface area contributed by atoms with Crippen molar-refractivity contribution >= 4 is 5.97 Å². The summed E-state index contributed by atoms with van der Waals surface area (Å²) in [6.07, 6.45) is 11.5. The first kappa shape index (κ1) is 20.7. The van der Waals surface area contributed by atoms with E-state index in [-0.39, 0.29) is 18.7 Å². The lowest BCUT2D eigenvalue weighted by molar-refractivity contribution is -0.155. The van der Waals surface area contributed by atoms with Crippen LogP contribution in [0.2, 0.25) is 0 Å². The molecule has 3 aliphatic rings. The molecular formula is C25H37NO3. The van der Waals surface area contributed by atoms with Crippen LogP contribution >= 0.6 is 0 Å². The van der Waals surface area contributed by atoms with E-state index in [1.165, 1.54) is 43.2 Å². The molecule has 1 aromatic carbocycles. The van der Waals surface area contributed by atoms with Crippen molar-refractivity contribution in [3.63, 3.8) is 0 Å². The zero-order chi connectivity index (χ0) is 20.3. The van der Waals surface area contributed by atoms with Crippen LogP contribution in [0, 0.1) is 11.8 Å². The molecule has 3 atom stereocenters. The van der Waals surface area contributed by atoms with Crippen LogP contribution in [0.3, 0.4) is 0 Å². The average Bonchev–Trinajstić information content (AvgIpc) is 2.74. The number of hydrogen-bond acceptors (Lipinski definition) is 4. The molecule has 0 aromatic heterocycles. The molecule has 4 rings (SSSR count). The fourth-order valence-corrected chi connectivity index (χ4v) is 6.34. The Balaban J connectivity index is 1.44. The highest BCUT2D eigenvalue weighted by molar-refractivity contribution is 5.72. The molecule has 4 nitrogen and oxygen atoms in total. The van der Waals surface area contributed by atoms with Crippen molar-refractivity contribution in [3.8, 4) is 5.75 Å². The standard InChI is InChI=1S/C25H37NO3/c1-3-7-18(8-4-2)24(27)29-17-28-20-11-10-19-15-23-21-9-5-6-12-25(21,13-14-26-23)22(19)16-20/h10-11,16,18,21,23,26H,3-9,12-15,17H2,1-2H3/t21-,23-,25+/m1/s1. The van der Waals surface area contributed by atoms with Gasteiger partial charge in [0.2, 0.25) is 6.79 Å². The summed E-state index contributed by atoms with van der Waals surface area (Å²) in [6, 6.07) is 7.20. The summed E-state index contributed by atoms with van der Waals surface area (Å²) < 4.78 is 11.4. The maximum atomic E-state index is 12.4. The van der Waals surface area contributed by atoms with Crippen LogP contribution in [0.25, 0.3) is 0 Å². The van der Waals surface area contributed by atoms with Crippen molar-refractivity contribution in [2.45, 2.75) is 89.5 Å². The average molecular weight is 400 g/mol. The molecule has 1 aliphatic heterocycles. The number of benzene rings is 1. The maximum Gasteiger partial charge on any atom is 0.311 e. The van der Waals surface area contributed by atoms with Crippen LogP contribution in [-0.2, 0) is 21.4 Å². The van der Waals surface area contributed by atoms with Gasteiger partial charge in [-0.25, -0.2) is 0 Å². The molecule has 0 spiro atoms. The minimum absolute atomic E-state index is 0.00527. The molecule has 1 saturated heterocycles. The number of esters is 1. The Morgan fingerprint density at radius 2 is 2.03 bits per heavy atom. The van der Waals surface area contributed by atoms with Gasteiger partial charge in [0.15, 0.2) is 0 Å². The van der Waals surface area contributed by atoms with E-state index in [1.54, 1.807) is 0 Å². The smallest absolute Gasteiger partial charge is 0.311 e. The van der Waals surface area contributed by atoms with Gasteiger partial charge < -0.3 is 14.8 Å². The minimum Gasteiger partial charge on any atom is -0.457 e. The topological polar surface area (TPSA) is 47.6 Å². The van der Waals surface area contributed by atoms with Crippen LogP contribution in [0.1, 0.15) is 82.8 Å². The number of carbonyl (C=O) groups is 1. The van der Waals surface area contributed by atoms with Gasteiger partial charge in [0.1, 0.15) is 5.75 Å². The fraction of sp³-hybridized carbons (Fsp3) is 0.720. The molecule has 29 heavy (non-hydrogen) atoms. The van der Waals surface area contributed by atoms with Crippen molar-refractivity contribution in [1.82, 2.24) is 5.32 Å². The highest BCUT2D eigenvalue weighted by Crippen LogP contribution is 2.54. The number of piperidine rings is 1. The zero-order valence-corrected chi connectivity index (χ0v) is 18.2. The van der Waals surface area contributed by atoms with Crippen molar-refractivity contribution in [3.05, 3.63) is 29.3 Å². The van der Waals surface area contributed by atoms with Gasteiger partial charge in [0.25, 0.3) is 0 Å². The molecule has 0 unspecified atom stereocenters. The van der Waals surface area contributed by atoms with Crippen LogP contribution in [0.4, 0.5) is 0 Å². The van der Waals surface area contributed by atoms with Crippen molar-refractivity contribution in [1.29, 1.82) is 0 Å². The molecule has 160 valence electrons. The van der Waals surface area contributed by atoms with E-state index in [2.05, 4.69) is 37.4 Å². The molecule has 0 amide bonds. The molecule has 1 saturated carbocycles. The zero-order valence-electron chi connectivity index (χ0n) is 18.2. The number of fused-ring (bicyclic) bond motifs is 1. The summed E-state index contributed by atoms with van der Waals surface area (Å²) in [5, 5.41) is 3.79. The molecule has 2 bridgehead atoms. The third-order valence-corrected chi connectivity index (χ3v) is 7.65. The number of hydrogen-bond donors (Lipinski definition) is 1. The Kier molecular flexibility index (Phi) is 6.48. The number of rotatable bonds is 8. The van der Waals surface area contributed by atoms with E-state index >= 15 is 0 Å². The lowest BCUT2D eigenvalue weighted by atomic mass is 9.53. The highest BCUT2D eigenvalue weighted by Gasteiger charge is 2.51. The van der Waals surface area contributed by atoms with E-state index in [9.17, 15) is 4.79 Å². The third-order valence-electron chi connectivity index (χ3n) is 7.65. The highest BCUT2D eigenvalue weighted by atomic mass is 16.7. The van der Waals surface area contributed by atoms with Gasteiger partial charge in [-0.2, -0.15) is 0 Å². The molecule has 1 N–H and O–H groups in total. The Morgan fingerprint density at radius 1 is 1.21 bits per heavy atom. The largest absolute Gasteiger partial charge is 0.457 e. The van der Waals surface area contributed by atoms with E-state index in [0.29, 0.717) is 11.5 Å². The van der Waals surface area contributed by atoms with Crippen molar-refractivity contribution < 1.29 is 14.3 Å². The lowest BCUT2D eigenvalue weighted by Crippen LogP contribution is -2.59. The Hall–Kier alpha value is -1.55. The second kappa shape index (κ2) is 9.07. The van der Waals surface area contributed by atoms with E-state index in [0.717, 1.165) is 50.3 Å². The summed E-state index contributed by atoms with van der Waals surface area (Å²) in [4.78, 5) is 12.4. The third kappa shape index (κ3) is 4.05. The second-order valence-corrected chi connectivity index (χ2v) is 9.34. The summed E-state index contributed by atoms with van der Waals surface area (Å²) >= 11 is 0. The molecule has 1 aromatic rings. The molecule has 1 heterocycles. The SMILES string of the molecule is CCCC(CCC)C(=O)OCOc1ccc2c(c1)[C@]13CCCC[C@@H]1[C@@H](C2)NCC3. The molecule has 2 fully saturated rings. The quantitative estimate of drug-likeness (QED) is 0.486. The predicted octanol–water partition coefficient (Wildman–Crippen LogP) is 5.13. The summed E-state index contributed by atoms with van der Waals surface area (Å²) in [5.41, 5.74) is 3.32. The van der Waals surface area contributed by atoms with Gasteiger partial charge >= 0.3 is 5.97 Å². The van der Waals surface area contributed by atoms with E-state index < -0.39 is 0 Å². The number of nitrogens with one attached hydrogen (secondary N) is 1. The molecule has 0 radical (unpaired) electrons. The summed E-state index contributed by atoms with van der Waals surface area (Å²) in [6.45, 7) is 5.37. The van der Waals surface area contributed by atoms with Gasteiger partial charge in [-0.3, -0.25) is 4.79 Å². The molecule has 2 aliphatic carbocycles. The van der Waals surface area contributed by atoms with Gasteiger partial charge in [-0.1, -0.05) is 45.6 Å². The first-order valence-electron chi connectivity index (χ1n) is 11.8. The van der Waals surface area contributed by atoms with E-state index in [1.807, 2.05) is 0 Å². The normalized spacial score (nSPS) is 27.8. The lowest BCUT2D eigenvalue weighted by Gasteiger charge is -2.56. The molecular weight excluding hydrogens is 362 g/mol. The summed E-state index contributed by atoms with van der Waals surface area (Å²) in [5.74, 6) is 1.49. The number of carbonyl (C=O) groups excluding carboxylic acids is 1. The predicted molar refractivity (Wildman–Crippen MR) is 115 cm³/mol. The number of ether oxygens (including phenoxy) is 2.